The van der Waals surface area contributed by atoms with E-state index in [1.807, 2.05) is 20.8 Å². The molecule has 0 fully saturated rings. The fraction of sp³-hybridized carbons (Fsp3) is 0.316. The third kappa shape index (κ3) is 4.00. The molecule has 1 aliphatic heterocycles. The Morgan fingerprint density at radius 2 is 1.59 bits per heavy atom. The van der Waals surface area contributed by atoms with Crippen LogP contribution in [0, 0.1) is 0 Å². The number of carbonyl (C=O) groups is 1. The summed E-state index contributed by atoms with van der Waals surface area (Å²) in [7, 11) is -3.97. The number of hydrogen-bond donors (Lipinski definition) is 2. The number of benzene rings is 2. The summed E-state index contributed by atoms with van der Waals surface area (Å²) < 4.78 is 38.6. The SMILES string of the molecule is CC(C)(C)c1ccc(S(=O)(=O)Nc2cc3c(cc2C(=O)O)OCCO3)cc1. The van der Waals surface area contributed by atoms with Gasteiger partial charge in [-0.05, 0) is 23.1 Å². The minimum absolute atomic E-state index is 0.0433. The topological polar surface area (TPSA) is 102 Å². The number of ether oxygens (including phenoxy) is 2. The lowest BCUT2D eigenvalue weighted by atomic mass is 9.87. The summed E-state index contributed by atoms with van der Waals surface area (Å²) >= 11 is 0. The first-order valence-corrected chi connectivity index (χ1v) is 9.86. The van der Waals surface area contributed by atoms with Crippen molar-refractivity contribution in [2.45, 2.75) is 31.1 Å². The third-order valence-electron chi connectivity index (χ3n) is 4.19. The monoisotopic (exact) mass is 391 g/mol. The maximum Gasteiger partial charge on any atom is 0.337 e. The summed E-state index contributed by atoms with van der Waals surface area (Å²) in [6.45, 7) is 6.70. The predicted octanol–water partition coefficient (Wildman–Crippen LogP) is 3.25. The molecule has 1 heterocycles. The van der Waals surface area contributed by atoms with Crippen LogP contribution in [0.5, 0.6) is 11.5 Å². The summed E-state index contributed by atoms with van der Waals surface area (Å²) in [6, 6.07) is 9.09. The van der Waals surface area contributed by atoms with Crippen molar-refractivity contribution < 1.29 is 27.8 Å². The molecule has 2 aromatic carbocycles. The zero-order chi connectivity index (χ0) is 19.8. The van der Waals surface area contributed by atoms with Gasteiger partial charge in [0.15, 0.2) is 11.5 Å². The zero-order valence-corrected chi connectivity index (χ0v) is 16.1. The van der Waals surface area contributed by atoms with Crippen LogP contribution in [0.1, 0.15) is 36.7 Å². The van der Waals surface area contributed by atoms with E-state index in [0.29, 0.717) is 19.0 Å². The summed E-state index contributed by atoms with van der Waals surface area (Å²) in [4.78, 5) is 11.6. The molecule has 27 heavy (non-hydrogen) atoms. The van der Waals surface area contributed by atoms with Gasteiger partial charge >= 0.3 is 5.97 Å². The molecule has 0 unspecified atom stereocenters. The lowest BCUT2D eigenvalue weighted by Gasteiger charge is -2.21. The lowest BCUT2D eigenvalue weighted by Crippen LogP contribution is -2.19. The molecular formula is C19H21NO6S. The van der Waals surface area contributed by atoms with Crippen LogP contribution in [0.25, 0.3) is 0 Å². The van der Waals surface area contributed by atoms with Gasteiger partial charge in [-0.1, -0.05) is 32.9 Å². The van der Waals surface area contributed by atoms with E-state index >= 15 is 0 Å². The van der Waals surface area contributed by atoms with Gasteiger partial charge in [0.25, 0.3) is 10.0 Å². The van der Waals surface area contributed by atoms with E-state index in [0.717, 1.165) is 5.56 Å². The van der Waals surface area contributed by atoms with Gasteiger partial charge in [0.05, 0.1) is 16.1 Å². The molecule has 144 valence electrons. The number of carboxylic acids is 1. The summed E-state index contributed by atoms with van der Waals surface area (Å²) in [6.07, 6.45) is 0. The highest BCUT2D eigenvalue weighted by molar-refractivity contribution is 7.92. The van der Waals surface area contributed by atoms with Crippen LogP contribution in [0.2, 0.25) is 0 Å². The second-order valence-electron chi connectivity index (χ2n) is 7.23. The Labute approximate surface area is 158 Å². The van der Waals surface area contributed by atoms with Crippen LogP contribution in [-0.2, 0) is 15.4 Å². The van der Waals surface area contributed by atoms with E-state index in [9.17, 15) is 18.3 Å². The van der Waals surface area contributed by atoms with Crippen molar-refractivity contribution in [3.63, 3.8) is 0 Å². The Morgan fingerprint density at radius 1 is 1.04 bits per heavy atom. The Balaban J connectivity index is 1.97. The first-order chi connectivity index (χ1) is 12.6. The fourth-order valence-electron chi connectivity index (χ4n) is 2.69. The molecule has 2 aromatic rings. The molecule has 1 aliphatic rings. The van der Waals surface area contributed by atoms with Gasteiger partial charge in [-0.3, -0.25) is 4.72 Å². The van der Waals surface area contributed by atoms with E-state index in [1.54, 1.807) is 12.1 Å². The molecule has 0 radical (unpaired) electrons. The smallest absolute Gasteiger partial charge is 0.337 e. The molecule has 3 rings (SSSR count). The second-order valence-corrected chi connectivity index (χ2v) is 8.91. The molecule has 0 spiro atoms. The molecular weight excluding hydrogens is 370 g/mol. The summed E-state index contributed by atoms with van der Waals surface area (Å²) in [5, 5.41) is 9.43. The number of nitrogens with one attached hydrogen (secondary N) is 1. The average molecular weight is 391 g/mol. The third-order valence-corrected chi connectivity index (χ3v) is 5.57. The van der Waals surface area contributed by atoms with Crippen LogP contribution in [-0.4, -0.2) is 32.7 Å². The predicted molar refractivity (Wildman–Crippen MR) is 100 cm³/mol. The number of hydrogen-bond acceptors (Lipinski definition) is 5. The van der Waals surface area contributed by atoms with Crippen molar-refractivity contribution >= 4 is 21.7 Å². The highest BCUT2D eigenvalue weighted by Gasteiger charge is 2.24. The van der Waals surface area contributed by atoms with Gasteiger partial charge in [-0.25, -0.2) is 13.2 Å². The van der Waals surface area contributed by atoms with Gasteiger partial charge in [-0.15, -0.1) is 0 Å². The van der Waals surface area contributed by atoms with Crippen LogP contribution < -0.4 is 14.2 Å². The molecule has 0 saturated heterocycles. The highest BCUT2D eigenvalue weighted by atomic mass is 32.2. The maximum absolute atomic E-state index is 12.7. The van der Waals surface area contributed by atoms with Crippen LogP contribution >= 0.6 is 0 Å². The normalized spacial score (nSPS) is 13.9. The van der Waals surface area contributed by atoms with Crippen LogP contribution in [0.4, 0.5) is 5.69 Å². The number of carboxylic acid groups (broad SMARTS) is 1. The van der Waals surface area contributed by atoms with Crippen LogP contribution in [0.3, 0.4) is 0 Å². The number of fused-ring (bicyclic) bond motifs is 1. The fourth-order valence-corrected chi connectivity index (χ4v) is 3.76. The molecule has 0 aromatic heterocycles. The van der Waals surface area contributed by atoms with Crippen molar-refractivity contribution in [1.82, 2.24) is 0 Å². The highest BCUT2D eigenvalue weighted by Crippen LogP contribution is 2.36. The standard InChI is InChI=1S/C19H21NO6S/c1-19(2,3)12-4-6-13(7-5-12)27(23,24)20-15-11-17-16(25-8-9-26-17)10-14(15)18(21)22/h4-7,10-11,20H,8-9H2,1-3H3,(H,21,22). The minimum Gasteiger partial charge on any atom is -0.486 e. The molecule has 0 amide bonds. The Hall–Kier alpha value is -2.74. The van der Waals surface area contributed by atoms with Gasteiger partial charge in [0.1, 0.15) is 13.2 Å². The van der Waals surface area contributed by atoms with Crippen molar-refractivity contribution in [3.8, 4) is 11.5 Å². The van der Waals surface area contributed by atoms with Crippen molar-refractivity contribution in [2.24, 2.45) is 0 Å². The van der Waals surface area contributed by atoms with E-state index in [1.165, 1.54) is 24.3 Å². The summed E-state index contributed by atoms with van der Waals surface area (Å²) in [5.74, 6) is -0.698. The van der Waals surface area contributed by atoms with Gasteiger partial charge in [0.2, 0.25) is 0 Å². The van der Waals surface area contributed by atoms with Crippen molar-refractivity contribution in [3.05, 3.63) is 47.5 Å². The number of sulfonamides is 1. The number of anilines is 1. The molecule has 0 saturated carbocycles. The molecule has 8 heteroatoms. The quantitative estimate of drug-likeness (QED) is 0.829. The number of aromatic carboxylic acids is 1. The van der Waals surface area contributed by atoms with Crippen molar-refractivity contribution in [1.29, 1.82) is 0 Å². The second kappa shape index (κ2) is 6.77. The first kappa shape index (κ1) is 19.0. The molecule has 2 N–H and O–H groups in total. The van der Waals surface area contributed by atoms with Gasteiger partial charge in [0, 0.05) is 12.1 Å². The van der Waals surface area contributed by atoms with E-state index in [-0.39, 0.29) is 27.3 Å². The summed E-state index contributed by atoms with van der Waals surface area (Å²) in [5.41, 5.74) is 0.593. The number of rotatable bonds is 4. The lowest BCUT2D eigenvalue weighted by molar-refractivity contribution is 0.0697. The maximum atomic E-state index is 12.7. The van der Waals surface area contributed by atoms with Crippen LogP contribution in [0.15, 0.2) is 41.3 Å². The molecule has 0 aliphatic carbocycles. The Morgan fingerprint density at radius 3 is 2.11 bits per heavy atom. The zero-order valence-electron chi connectivity index (χ0n) is 15.3. The molecule has 0 bridgehead atoms. The van der Waals surface area contributed by atoms with E-state index < -0.39 is 16.0 Å². The molecule has 0 atom stereocenters. The Kier molecular flexibility index (Phi) is 4.77. The first-order valence-electron chi connectivity index (χ1n) is 8.38. The molecule has 7 nitrogen and oxygen atoms in total. The largest absolute Gasteiger partial charge is 0.486 e. The Bertz CT molecular complexity index is 974. The average Bonchev–Trinajstić information content (AvgIpc) is 2.60. The van der Waals surface area contributed by atoms with E-state index in [4.69, 9.17) is 9.47 Å². The van der Waals surface area contributed by atoms with E-state index in [2.05, 4.69) is 4.72 Å². The van der Waals surface area contributed by atoms with Gasteiger partial charge in [-0.2, -0.15) is 0 Å². The minimum atomic E-state index is -3.97. The van der Waals surface area contributed by atoms with Gasteiger partial charge < -0.3 is 14.6 Å². The van der Waals surface area contributed by atoms with Crippen molar-refractivity contribution in [2.75, 3.05) is 17.9 Å².